The van der Waals surface area contributed by atoms with E-state index >= 15 is 0 Å². The predicted octanol–water partition coefficient (Wildman–Crippen LogP) is 17.2. The van der Waals surface area contributed by atoms with E-state index in [0.717, 1.165) is 27.5 Å². The van der Waals surface area contributed by atoms with E-state index < -0.39 is 0 Å². The number of fused-ring (bicyclic) bond motifs is 10. The van der Waals surface area contributed by atoms with Gasteiger partial charge in [0.1, 0.15) is 11.2 Å². The molecular weight excluding hydrogens is 745 g/mol. The molecule has 0 aliphatic rings. The van der Waals surface area contributed by atoms with Gasteiger partial charge in [-0.3, -0.25) is 0 Å². The summed E-state index contributed by atoms with van der Waals surface area (Å²) < 4.78 is 9.23. The van der Waals surface area contributed by atoms with Gasteiger partial charge in [-0.05, 0) is 94.7 Å². The third-order valence-electron chi connectivity index (χ3n) is 12.7. The first-order valence-corrected chi connectivity index (χ1v) is 21.4. The minimum Gasteiger partial charge on any atom is -0.455 e. The van der Waals surface area contributed by atoms with Gasteiger partial charge in [-0.15, -0.1) is 11.3 Å². The van der Waals surface area contributed by atoms with Gasteiger partial charge in [-0.1, -0.05) is 188 Å². The normalized spacial score (nSPS) is 12.0. The molecule has 11 aromatic carbocycles. The molecule has 2 heteroatoms. The molecule has 0 atom stereocenters. The molecule has 0 unspecified atom stereocenters. The maximum absolute atomic E-state index is 6.64. The number of para-hydroxylation sites is 2. The minimum absolute atomic E-state index is 0.913. The molecule has 0 bridgehead atoms. The molecule has 0 amide bonds. The van der Waals surface area contributed by atoms with E-state index in [-0.39, 0.29) is 0 Å². The van der Waals surface area contributed by atoms with E-state index in [2.05, 4.69) is 200 Å². The second-order valence-corrected chi connectivity index (χ2v) is 16.9. The molecular formula is C58H34OS. The standard InChI is InChI=1S/C58H34OS/c1-2-16-35(17-3-1)53-38-19-4-8-23-42(38)55(43-24-9-5-20-39(43)53)48-28-15-31-51-57(48)47-33-32-36(34-52(47)60-51)54-40-21-6-10-25-44(40)56(45-26-11-7-22-41(45)54)49-29-14-27-46-37-18-12-13-30-50(37)59-58(46)49/h1-34H. The van der Waals surface area contributed by atoms with E-state index in [4.69, 9.17) is 4.42 Å². The Morgan fingerprint density at radius 3 is 1.37 bits per heavy atom. The number of furan rings is 1. The van der Waals surface area contributed by atoms with E-state index in [1.165, 1.54) is 102 Å². The number of hydrogen-bond donors (Lipinski definition) is 0. The summed E-state index contributed by atoms with van der Waals surface area (Å²) in [6.45, 7) is 0. The fourth-order valence-electron chi connectivity index (χ4n) is 10.2. The minimum atomic E-state index is 0.913. The molecule has 2 aromatic heterocycles. The van der Waals surface area contributed by atoms with Gasteiger partial charge in [0.15, 0.2) is 0 Å². The van der Waals surface area contributed by atoms with Crippen LogP contribution in [0.25, 0.3) is 130 Å². The first-order chi connectivity index (χ1) is 29.8. The molecule has 0 fully saturated rings. The molecule has 0 aliphatic carbocycles. The van der Waals surface area contributed by atoms with Crippen molar-refractivity contribution in [3.8, 4) is 44.5 Å². The van der Waals surface area contributed by atoms with Crippen LogP contribution in [0, 0.1) is 0 Å². The fraction of sp³-hybridized carbons (Fsp3) is 0. The zero-order chi connectivity index (χ0) is 39.3. The third kappa shape index (κ3) is 4.80. The van der Waals surface area contributed by atoms with E-state index in [1.54, 1.807) is 0 Å². The maximum atomic E-state index is 6.64. The first kappa shape index (κ1) is 33.5. The van der Waals surface area contributed by atoms with Gasteiger partial charge in [-0.25, -0.2) is 0 Å². The van der Waals surface area contributed by atoms with Gasteiger partial charge in [0.2, 0.25) is 0 Å². The van der Waals surface area contributed by atoms with Crippen LogP contribution in [0.15, 0.2) is 211 Å². The van der Waals surface area contributed by atoms with Crippen LogP contribution < -0.4 is 0 Å². The largest absolute Gasteiger partial charge is 0.455 e. The van der Waals surface area contributed by atoms with Crippen molar-refractivity contribution in [3.63, 3.8) is 0 Å². The Hall–Kier alpha value is -7.52. The molecule has 0 saturated carbocycles. The van der Waals surface area contributed by atoms with Crippen LogP contribution in [-0.4, -0.2) is 0 Å². The molecule has 2 heterocycles. The van der Waals surface area contributed by atoms with Crippen molar-refractivity contribution in [2.75, 3.05) is 0 Å². The van der Waals surface area contributed by atoms with Crippen LogP contribution in [0.2, 0.25) is 0 Å². The monoisotopic (exact) mass is 778 g/mol. The Bertz CT molecular complexity index is 3770. The molecule has 60 heavy (non-hydrogen) atoms. The quantitative estimate of drug-likeness (QED) is 0.162. The molecule has 1 nitrogen and oxygen atoms in total. The Balaban J connectivity index is 1.06. The van der Waals surface area contributed by atoms with Gasteiger partial charge in [0.05, 0.1) is 0 Å². The molecule has 13 rings (SSSR count). The molecule has 0 spiro atoms. The van der Waals surface area contributed by atoms with Crippen LogP contribution in [-0.2, 0) is 0 Å². The highest BCUT2D eigenvalue weighted by atomic mass is 32.1. The summed E-state index contributed by atoms with van der Waals surface area (Å²) in [7, 11) is 0. The van der Waals surface area contributed by atoms with Crippen LogP contribution in [0.1, 0.15) is 0 Å². The van der Waals surface area contributed by atoms with Gasteiger partial charge in [-0.2, -0.15) is 0 Å². The maximum Gasteiger partial charge on any atom is 0.143 e. The van der Waals surface area contributed by atoms with Crippen molar-refractivity contribution in [1.82, 2.24) is 0 Å². The molecule has 0 saturated heterocycles. The molecule has 0 aliphatic heterocycles. The molecule has 13 aromatic rings. The number of rotatable bonds is 4. The number of benzene rings is 11. The van der Waals surface area contributed by atoms with Crippen molar-refractivity contribution in [3.05, 3.63) is 206 Å². The highest BCUT2D eigenvalue weighted by molar-refractivity contribution is 7.26. The van der Waals surface area contributed by atoms with Crippen LogP contribution in [0.4, 0.5) is 0 Å². The van der Waals surface area contributed by atoms with Crippen molar-refractivity contribution in [2.45, 2.75) is 0 Å². The SMILES string of the molecule is c1ccc(-c2c3ccccc3c(-c3cccc4sc5cc(-c6c7ccccc7c(-c7cccc8c7oc7ccccc78)c7ccccc67)ccc5c34)c3ccccc23)cc1. The lowest BCUT2D eigenvalue weighted by Gasteiger charge is -2.18. The summed E-state index contributed by atoms with van der Waals surface area (Å²) >= 11 is 1.89. The van der Waals surface area contributed by atoms with Gasteiger partial charge in [0.25, 0.3) is 0 Å². The lowest BCUT2D eigenvalue weighted by Crippen LogP contribution is -1.91. The lowest BCUT2D eigenvalue weighted by molar-refractivity contribution is 0.670. The highest BCUT2D eigenvalue weighted by Gasteiger charge is 2.23. The summed E-state index contributed by atoms with van der Waals surface area (Å²) in [5, 5.41) is 14.9. The van der Waals surface area contributed by atoms with E-state index in [1.807, 2.05) is 17.4 Å². The Morgan fingerprint density at radius 1 is 0.283 bits per heavy atom. The third-order valence-corrected chi connectivity index (χ3v) is 13.8. The number of thiophene rings is 1. The Labute approximate surface area is 350 Å². The summed E-state index contributed by atoms with van der Waals surface area (Å²) in [5.74, 6) is 0. The fourth-order valence-corrected chi connectivity index (χ4v) is 11.4. The van der Waals surface area contributed by atoms with Gasteiger partial charge >= 0.3 is 0 Å². The average Bonchev–Trinajstić information content (AvgIpc) is 3.89. The summed E-state index contributed by atoms with van der Waals surface area (Å²) in [6.07, 6.45) is 0. The highest BCUT2D eigenvalue weighted by Crippen LogP contribution is 2.50. The van der Waals surface area contributed by atoms with E-state index in [9.17, 15) is 0 Å². The molecule has 0 N–H and O–H groups in total. The topological polar surface area (TPSA) is 13.1 Å². The van der Waals surface area contributed by atoms with Crippen molar-refractivity contribution >= 4 is 96.5 Å². The van der Waals surface area contributed by atoms with Gasteiger partial charge in [0, 0.05) is 42.1 Å². The second kappa shape index (κ2) is 13.0. The Morgan fingerprint density at radius 2 is 0.750 bits per heavy atom. The van der Waals surface area contributed by atoms with Crippen LogP contribution in [0.3, 0.4) is 0 Å². The summed E-state index contributed by atoms with van der Waals surface area (Å²) in [4.78, 5) is 0. The zero-order valence-electron chi connectivity index (χ0n) is 32.4. The van der Waals surface area contributed by atoms with Crippen molar-refractivity contribution in [1.29, 1.82) is 0 Å². The van der Waals surface area contributed by atoms with Crippen LogP contribution >= 0.6 is 11.3 Å². The zero-order valence-corrected chi connectivity index (χ0v) is 33.3. The first-order valence-electron chi connectivity index (χ1n) is 20.6. The van der Waals surface area contributed by atoms with Crippen LogP contribution in [0.5, 0.6) is 0 Å². The van der Waals surface area contributed by atoms with Crippen molar-refractivity contribution in [2.24, 2.45) is 0 Å². The Kier molecular flexibility index (Phi) is 7.24. The lowest BCUT2D eigenvalue weighted by atomic mass is 9.84. The van der Waals surface area contributed by atoms with Gasteiger partial charge < -0.3 is 4.42 Å². The molecule has 278 valence electrons. The smallest absolute Gasteiger partial charge is 0.143 e. The average molecular weight is 779 g/mol. The predicted molar refractivity (Wildman–Crippen MR) is 258 cm³/mol. The summed E-state index contributed by atoms with van der Waals surface area (Å²) in [5.41, 5.74) is 11.7. The second-order valence-electron chi connectivity index (χ2n) is 15.8. The summed E-state index contributed by atoms with van der Waals surface area (Å²) in [6, 6.07) is 75.6. The number of hydrogen-bond acceptors (Lipinski definition) is 2. The molecule has 0 radical (unpaired) electrons. The van der Waals surface area contributed by atoms with E-state index in [0.29, 0.717) is 0 Å². The van der Waals surface area contributed by atoms with Crippen molar-refractivity contribution < 1.29 is 4.42 Å².